The molecule has 6 nitrogen and oxygen atoms in total. The Morgan fingerprint density at radius 3 is 2.75 bits per heavy atom. The molecule has 3 amide bonds. The van der Waals surface area contributed by atoms with E-state index in [0.29, 0.717) is 11.3 Å². The second-order valence-corrected chi connectivity index (χ2v) is 4.97. The van der Waals surface area contributed by atoms with Gasteiger partial charge in [-0.1, -0.05) is 18.2 Å². The molecular weight excluding hydrogens is 280 g/mol. The molecule has 0 bridgehead atoms. The average molecular weight is 292 g/mol. The number of ether oxygens (including phenoxy) is 1. The maximum Gasteiger partial charge on any atom is 0.294 e. The van der Waals surface area contributed by atoms with E-state index in [0.717, 1.165) is 16.7 Å². The number of nitrogens with two attached hydrogens (primary N) is 1. The van der Waals surface area contributed by atoms with E-state index in [-0.39, 0.29) is 4.91 Å². The summed E-state index contributed by atoms with van der Waals surface area (Å²) in [7, 11) is 1.52. The van der Waals surface area contributed by atoms with Crippen LogP contribution in [0.4, 0.5) is 4.79 Å². The van der Waals surface area contributed by atoms with Crippen molar-refractivity contribution in [2.24, 2.45) is 5.73 Å². The fraction of sp³-hybridized carbons (Fsp3) is 0.154. The predicted octanol–water partition coefficient (Wildman–Crippen LogP) is 1.22. The van der Waals surface area contributed by atoms with Crippen molar-refractivity contribution in [1.82, 2.24) is 4.90 Å². The summed E-state index contributed by atoms with van der Waals surface area (Å²) in [5.41, 5.74) is 5.69. The van der Waals surface area contributed by atoms with Gasteiger partial charge in [0.2, 0.25) is 5.91 Å². The van der Waals surface area contributed by atoms with E-state index in [4.69, 9.17) is 10.5 Å². The smallest absolute Gasteiger partial charge is 0.294 e. The van der Waals surface area contributed by atoms with Crippen LogP contribution in [0.1, 0.15) is 5.56 Å². The first-order chi connectivity index (χ1) is 9.52. The summed E-state index contributed by atoms with van der Waals surface area (Å²) in [5, 5.41) is -0.505. The van der Waals surface area contributed by atoms with E-state index >= 15 is 0 Å². The lowest BCUT2D eigenvalue weighted by Gasteiger charge is -2.08. The second kappa shape index (κ2) is 5.79. The Morgan fingerprint density at radius 1 is 1.40 bits per heavy atom. The van der Waals surface area contributed by atoms with Gasteiger partial charge >= 0.3 is 0 Å². The molecule has 1 aliphatic heterocycles. The Kier molecular flexibility index (Phi) is 4.09. The topological polar surface area (TPSA) is 89.7 Å². The number of hydrogen-bond donors (Lipinski definition) is 1. The number of hydrogen-bond acceptors (Lipinski definition) is 5. The molecule has 1 aliphatic rings. The molecule has 0 unspecified atom stereocenters. The van der Waals surface area contributed by atoms with Gasteiger partial charge < -0.3 is 10.5 Å². The van der Waals surface area contributed by atoms with Crippen molar-refractivity contribution < 1.29 is 19.1 Å². The van der Waals surface area contributed by atoms with E-state index < -0.39 is 23.6 Å². The third-order valence-corrected chi connectivity index (χ3v) is 3.52. The number of imide groups is 1. The summed E-state index contributed by atoms with van der Waals surface area (Å²) in [6, 6.07) is 7.11. The Labute approximate surface area is 119 Å². The van der Waals surface area contributed by atoms with Crippen molar-refractivity contribution in [1.29, 1.82) is 0 Å². The van der Waals surface area contributed by atoms with Gasteiger partial charge in [0, 0.05) is 5.56 Å². The van der Waals surface area contributed by atoms with Gasteiger partial charge in [-0.15, -0.1) is 0 Å². The molecule has 7 heteroatoms. The number of carbonyl (C=O) groups is 3. The highest BCUT2D eigenvalue weighted by molar-refractivity contribution is 8.18. The van der Waals surface area contributed by atoms with Crippen LogP contribution in [-0.2, 0) is 9.59 Å². The highest BCUT2D eigenvalue weighted by atomic mass is 32.2. The first-order valence-corrected chi connectivity index (χ1v) is 6.51. The Morgan fingerprint density at radius 2 is 2.10 bits per heavy atom. The first kappa shape index (κ1) is 14.1. The molecule has 20 heavy (non-hydrogen) atoms. The first-order valence-electron chi connectivity index (χ1n) is 5.69. The lowest BCUT2D eigenvalue weighted by atomic mass is 10.2. The zero-order valence-electron chi connectivity index (χ0n) is 10.7. The lowest BCUT2D eigenvalue weighted by Crippen LogP contribution is -2.36. The van der Waals surface area contributed by atoms with E-state index in [1.54, 1.807) is 30.3 Å². The normalized spacial score (nSPS) is 16.9. The minimum atomic E-state index is -0.731. The second-order valence-electron chi connectivity index (χ2n) is 3.98. The number of rotatable bonds is 4. The summed E-state index contributed by atoms with van der Waals surface area (Å²) in [6.45, 7) is -0.409. The van der Waals surface area contributed by atoms with E-state index in [9.17, 15) is 14.4 Å². The number of nitrogens with zero attached hydrogens (tertiary/aromatic N) is 1. The van der Waals surface area contributed by atoms with Crippen LogP contribution >= 0.6 is 11.8 Å². The van der Waals surface area contributed by atoms with Gasteiger partial charge in [0.1, 0.15) is 12.3 Å². The summed E-state index contributed by atoms with van der Waals surface area (Å²) in [5.74, 6) is -0.662. The SMILES string of the molecule is COc1ccccc1/C=C1\SC(=O)N(CC(N)=O)C1=O. The summed E-state index contributed by atoms with van der Waals surface area (Å²) in [4.78, 5) is 35.6. The Bertz CT molecular complexity index is 612. The number of carbonyl (C=O) groups excluding carboxylic acids is 3. The molecule has 1 aromatic carbocycles. The summed E-state index contributed by atoms with van der Waals surface area (Å²) in [6.07, 6.45) is 1.56. The molecule has 1 fully saturated rings. The van der Waals surface area contributed by atoms with E-state index in [2.05, 4.69) is 0 Å². The summed E-state index contributed by atoms with van der Waals surface area (Å²) >= 11 is 0.773. The van der Waals surface area contributed by atoms with Gasteiger partial charge in [-0.25, -0.2) is 0 Å². The van der Waals surface area contributed by atoms with Gasteiger partial charge in [0.05, 0.1) is 12.0 Å². The van der Waals surface area contributed by atoms with Crippen LogP contribution in [0, 0.1) is 0 Å². The quantitative estimate of drug-likeness (QED) is 0.843. The molecule has 0 saturated carbocycles. The lowest BCUT2D eigenvalue weighted by molar-refractivity contribution is -0.127. The largest absolute Gasteiger partial charge is 0.496 e. The van der Waals surface area contributed by atoms with Gasteiger partial charge in [-0.2, -0.15) is 0 Å². The monoisotopic (exact) mass is 292 g/mol. The van der Waals surface area contributed by atoms with Crippen molar-refractivity contribution in [3.8, 4) is 5.75 Å². The van der Waals surface area contributed by atoms with Crippen molar-refractivity contribution in [3.05, 3.63) is 34.7 Å². The van der Waals surface area contributed by atoms with Gasteiger partial charge in [-0.3, -0.25) is 19.3 Å². The van der Waals surface area contributed by atoms with Gasteiger partial charge in [0.15, 0.2) is 0 Å². The molecule has 1 saturated heterocycles. The zero-order chi connectivity index (χ0) is 14.7. The van der Waals surface area contributed by atoms with Crippen LogP contribution < -0.4 is 10.5 Å². The fourth-order valence-corrected chi connectivity index (χ4v) is 2.55. The third kappa shape index (κ3) is 2.83. The molecule has 2 rings (SSSR count). The maximum atomic E-state index is 12.0. The average Bonchev–Trinajstić information content (AvgIpc) is 2.67. The molecule has 104 valence electrons. The molecule has 0 aromatic heterocycles. The standard InChI is InChI=1S/C13H12N2O4S/c1-19-9-5-3-2-4-8(9)6-10-12(17)15(7-11(14)16)13(18)20-10/h2-6H,7H2,1H3,(H2,14,16)/b10-6-. The minimum absolute atomic E-state index is 0.237. The molecule has 0 spiro atoms. The fourth-order valence-electron chi connectivity index (χ4n) is 1.72. The van der Waals surface area contributed by atoms with Crippen molar-refractivity contribution >= 4 is 34.9 Å². The van der Waals surface area contributed by atoms with Crippen LogP contribution in [-0.4, -0.2) is 35.6 Å². The summed E-state index contributed by atoms with van der Waals surface area (Å²) < 4.78 is 5.17. The highest BCUT2D eigenvalue weighted by Crippen LogP contribution is 2.33. The van der Waals surface area contributed by atoms with Gasteiger partial charge in [0.25, 0.3) is 11.1 Å². The highest BCUT2D eigenvalue weighted by Gasteiger charge is 2.35. The van der Waals surface area contributed by atoms with Crippen molar-refractivity contribution in [3.63, 3.8) is 0 Å². The van der Waals surface area contributed by atoms with Crippen molar-refractivity contribution in [2.45, 2.75) is 0 Å². The Hall–Kier alpha value is -2.28. The molecule has 2 N–H and O–H groups in total. The van der Waals surface area contributed by atoms with E-state index in [1.807, 2.05) is 0 Å². The van der Waals surface area contributed by atoms with Crippen LogP contribution in [0.15, 0.2) is 29.2 Å². The minimum Gasteiger partial charge on any atom is -0.496 e. The molecule has 0 aliphatic carbocycles. The number of amides is 3. The van der Waals surface area contributed by atoms with Gasteiger partial charge in [-0.05, 0) is 23.9 Å². The molecule has 0 radical (unpaired) electrons. The van der Waals surface area contributed by atoms with Crippen LogP contribution in [0.5, 0.6) is 5.75 Å². The number of para-hydroxylation sites is 1. The van der Waals surface area contributed by atoms with Crippen LogP contribution in [0.3, 0.4) is 0 Å². The molecule has 1 heterocycles. The van der Waals surface area contributed by atoms with Crippen molar-refractivity contribution in [2.75, 3.05) is 13.7 Å². The molecule has 1 aromatic rings. The Balaban J connectivity index is 2.30. The molecular formula is C13H12N2O4S. The number of methoxy groups -OCH3 is 1. The van der Waals surface area contributed by atoms with Crippen LogP contribution in [0.2, 0.25) is 0 Å². The number of thioether (sulfide) groups is 1. The third-order valence-electron chi connectivity index (χ3n) is 2.61. The maximum absolute atomic E-state index is 12.0. The number of benzene rings is 1. The van der Waals surface area contributed by atoms with E-state index in [1.165, 1.54) is 7.11 Å². The predicted molar refractivity (Wildman–Crippen MR) is 74.9 cm³/mol. The molecule has 0 atom stereocenters. The number of primary amides is 1. The van der Waals surface area contributed by atoms with Crippen LogP contribution in [0.25, 0.3) is 6.08 Å². The zero-order valence-corrected chi connectivity index (χ0v) is 11.5.